The lowest BCUT2D eigenvalue weighted by molar-refractivity contribution is 0.0437. The summed E-state index contributed by atoms with van der Waals surface area (Å²) in [6.07, 6.45) is 0.0474. The molecule has 0 amide bonds. The average molecular weight is 243 g/mol. The van der Waals surface area contributed by atoms with Crippen LogP contribution in [0.15, 0.2) is 42.5 Å². The second-order valence-electron chi connectivity index (χ2n) is 5.08. The Bertz CT molecular complexity index is 521. The molecule has 2 N–H and O–H groups in total. The smallest absolute Gasteiger partial charge is 0.0786 e. The van der Waals surface area contributed by atoms with Crippen LogP contribution in [0.3, 0.4) is 0 Å². The Hall–Kier alpha value is -1.38. The number of hydrogen-bond donors (Lipinski definition) is 1. The van der Waals surface area contributed by atoms with Crippen LogP contribution in [0.25, 0.3) is 10.8 Å². The van der Waals surface area contributed by atoms with Crippen molar-refractivity contribution in [3.63, 3.8) is 0 Å². The van der Waals surface area contributed by atoms with Crippen molar-refractivity contribution in [1.82, 2.24) is 0 Å². The molecule has 0 aromatic heterocycles. The number of rotatable bonds is 4. The molecular formula is C16H21NO. The summed E-state index contributed by atoms with van der Waals surface area (Å²) in [6, 6.07) is 14.6. The highest BCUT2D eigenvalue weighted by molar-refractivity contribution is 5.83. The van der Waals surface area contributed by atoms with Crippen LogP contribution in [-0.4, -0.2) is 13.2 Å². The fourth-order valence-corrected chi connectivity index (χ4v) is 2.44. The van der Waals surface area contributed by atoms with Gasteiger partial charge in [0.1, 0.15) is 0 Å². The summed E-state index contributed by atoms with van der Waals surface area (Å²) < 4.78 is 5.51. The van der Waals surface area contributed by atoms with Crippen molar-refractivity contribution in [2.75, 3.05) is 7.11 Å². The highest BCUT2D eigenvalue weighted by Gasteiger charge is 2.22. The molecule has 2 nitrogen and oxygen atoms in total. The van der Waals surface area contributed by atoms with Crippen LogP contribution in [-0.2, 0) is 4.74 Å². The molecule has 2 rings (SSSR count). The van der Waals surface area contributed by atoms with E-state index >= 15 is 0 Å². The molecule has 0 fully saturated rings. The van der Waals surface area contributed by atoms with E-state index in [4.69, 9.17) is 10.5 Å². The Morgan fingerprint density at radius 3 is 2.28 bits per heavy atom. The van der Waals surface area contributed by atoms with Gasteiger partial charge in [0.2, 0.25) is 0 Å². The molecule has 2 atom stereocenters. The Morgan fingerprint density at radius 2 is 1.67 bits per heavy atom. The first kappa shape index (κ1) is 13.1. The van der Waals surface area contributed by atoms with Crippen LogP contribution >= 0.6 is 0 Å². The van der Waals surface area contributed by atoms with E-state index in [1.807, 2.05) is 12.1 Å². The number of fused-ring (bicyclic) bond motifs is 1. The molecule has 2 heteroatoms. The molecule has 0 spiro atoms. The van der Waals surface area contributed by atoms with Gasteiger partial charge in [0, 0.05) is 7.11 Å². The second-order valence-corrected chi connectivity index (χ2v) is 5.08. The van der Waals surface area contributed by atoms with Crippen molar-refractivity contribution in [3.8, 4) is 0 Å². The summed E-state index contributed by atoms with van der Waals surface area (Å²) in [6.45, 7) is 4.27. The third-order valence-corrected chi connectivity index (χ3v) is 3.44. The van der Waals surface area contributed by atoms with Crippen LogP contribution in [0.4, 0.5) is 0 Å². The summed E-state index contributed by atoms with van der Waals surface area (Å²) in [5.74, 6) is 0.400. The third kappa shape index (κ3) is 2.55. The van der Waals surface area contributed by atoms with Gasteiger partial charge in [0.15, 0.2) is 0 Å². The van der Waals surface area contributed by atoms with Crippen molar-refractivity contribution >= 4 is 10.8 Å². The van der Waals surface area contributed by atoms with Gasteiger partial charge < -0.3 is 10.5 Å². The van der Waals surface area contributed by atoms with Gasteiger partial charge in [-0.1, -0.05) is 50.2 Å². The largest absolute Gasteiger partial charge is 0.379 e. The number of nitrogens with two attached hydrogens (primary N) is 1. The Balaban J connectivity index is 2.35. The lowest BCUT2D eigenvalue weighted by Crippen LogP contribution is -2.32. The zero-order valence-electron chi connectivity index (χ0n) is 11.3. The predicted molar refractivity (Wildman–Crippen MR) is 76.5 cm³/mol. The SMILES string of the molecule is COC(C(C)C)C(N)c1ccc2ccccc2c1. The maximum Gasteiger partial charge on any atom is 0.0786 e. The lowest BCUT2D eigenvalue weighted by atomic mass is 9.93. The van der Waals surface area contributed by atoms with E-state index in [0.29, 0.717) is 5.92 Å². The molecule has 0 bridgehead atoms. The van der Waals surface area contributed by atoms with Crippen molar-refractivity contribution in [1.29, 1.82) is 0 Å². The van der Waals surface area contributed by atoms with Crippen molar-refractivity contribution in [2.24, 2.45) is 11.7 Å². The van der Waals surface area contributed by atoms with Crippen molar-refractivity contribution in [2.45, 2.75) is 26.0 Å². The molecule has 2 unspecified atom stereocenters. The van der Waals surface area contributed by atoms with Crippen LogP contribution in [0.2, 0.25) is 0 Å². The minimum atomic E-state index is -0.0837. The molecule has 0 aliphatic carbocycles. The first-order valence-corrected chi connectivity index (χ1v) is 6.40. The summed E-state index contributed by atoms with van der Waals surface area (Å²) in [4.78, 5) is 0. The molecule has 0 saturated heterocycles. The maximum absolute atomic E-state index is 6.32. The predicted octanol–water partition coefficient (Wildman–Crippen LogP) is 3.51. The Morgan fingerprint density at radius 1 is 1.00 bits per heavy atom. The van der Waals surface area contributed by atoms with E-state index in [9.17, 15) is 0 Å². The normalized spacial score (nSPS) is 14.9. The topological polar surface area (TPSA) is 35.2 Å². The minimum absolute atomic E-state index is 0.0474. The fourth-order valence-electron chi connectivity index (χ4n) is 2.44. The first-order valence-electron chi connectivity index (χ1n) is 6.40. The summed E-state index contributed by atoms with van der Waals surface area (Å²) in [5, 5.41) is 2.47. The van der Waals surface area contributed by atoms with Gasteiger partial charge in [0.05, 0.1) is 12.1 Å². The van der Waals surface area contributed by atoms with E-state index in [0.717, 1.165) is 5.56 Å². The quantitative estimate of drug-likeness (QED) is 0.891. The van der Waals surface area contributed by atoms with Gasteiger partial charge >= 0.3 is 0 Å². The number of ether oxygens (including phenoxy) is 1. The molecule has 0 heterocycles. The van der Waals surface area contributed by atoms with Gasteiger partial charge in [0.25, 0.3) is 0 Å². The Labute approximate surface area is 109 Å². The first-order chi connectivity index (χ1) is 8.63. The minimum Gasteiger partial charge on any atom is -0.379 e. The average Bonchev–Trinajstić information content (AvgIpc) is 2.38. The molecular weight excluding hydrogens is 222 g/mol. The van der Waals surface area contributed by atoms with Gasteiger partial charge in [-0.15, -0.1) is 0 Å². The summed E-state index contributed by atoms with van der Waals surface area (Å²) in [7, 11) is 1.73. The van der Waals surface area contributed by atoms with Gasteiger partial charge in [-0.2, -0.15) is 0 Å². The third-order valence-electron chi connectivity index (χ3n) is 3.44. The van der Waals surface area contributed by atoms with E-state index in [1.165, 1.54) is 10.8 Å². The van der Waals surface area contributed by atoms with Crippen LogP contribution in [0.5, 0.6) is 0 Å². The van der Waals surface area contributed by atoms with E-state index < -0.39 is 0 Å². The molecule has 18 heavy (non-hydrogen) atoms. The zero-order chi connectivity index (χ0) is 13.1. The molecule has 2 aromatic rings. The van der Waals surface area contributed by atoms with Gasteiger partial charge in [-0.05, 0) is 28.3 Å². The molecule has 0 aliphatic heterocycles. The highest BCUT2D eigenvalue weighted by Crippen LogP contribution is 2.25. The van der Waals surface area contributed by atoms with E-state index in [1.54, 1.807) is 7.11 Å². The molecule has 96 valence electrons. The molecule has 0 aliphatic rings. The summed E-state index contributed by atoms with van der Waals surface area (Å²) in [5.41, 5.74) is 7.45. The van der Waals surface area contributed by atoms with E-state index in [2.05, 4.69) is 44.2 Å². The molecule has 0 saturated carbocycles. The lowest BCUT2D eigenvalue weighted by Gasteiger charge is -2.26. The van der Waals surface area contributed by atoms with Crippen molar-refractivity contribution in [3.05, 3.63) is 48.0 Å². The van der Waals surface area contributed by atoms with Crippen LogP contribution in [0.1, 0.15) is 25.5 Å². The van der Waals surface area contributed by atoms with E-state index in [-0.39, 0.29) is 12.1 Å². The van der Waals surface area contributed by atoms with Gasteiger partial charge in [-0.25, -0.2) is 0 Å². The number of methoxy groups -OCH3 is 1. The van der Waals surface area contributed by atoms with Crippen molar-refractivity contribution < 1.29 is 4.74 Å². The standard InChI is InChI=1S/C16H21NO/c1-11(2)16(18-3)15(17)14-9-8-12-6-4-5-7-13(12)10-14/h4-11,15-16H,17H2,1-3H3. The maximum atomic E-state index is 6.32. The fraction of sp³-hybridized carbons (Fsp3) is 0.375. The number of benzene rings is 2. The summed E-state index contributed by atoms with van der Waals surface area (Å²) >= 11 is 0. The van der Waals surface area contributed by atoms with Crippen LogP contribution in [0, 0.1) is 5.92 Å². The molecule has 2 aromatic carbocycles. The highest BCUT2D eigenvalue weighted by atomic mass is 16.5. The Kier molecular flexibility index (Phi) is 4.00. The van der Waals surface area contributed by atoms with Crippen LogP contribution < -0.4 is 5.73 Å². The second kappa shape index (κ2) is 5.51. The van der Waals surface area contributed by atoms with Gasteiger partial charge in [-0.3, -0.25) is 0 Å². The zero-order valence-corrected chi connectivity index (χ0v) is 11.3. The molecule has 0 radical (unpaired) electrons. The monoisotopic (exact) mass is 243 g/mol. The number of hydrogen-bond acceptors (Lipinski definition) is 2.